The molecule has 1 saturated carbocycles. The molecule has 1 amide bonds. The van der Waals surface area contributed by atoms with Gasteiger partial charge in [0.2, 0.25) is 5.91 Å². The first-order chi connectivity index (χ1) is 11.5. The van der Waals surface area contributed by atoms with Crippen molar-refractivity contribution in [1.82, 2.24) is 4.90 Å². The lowest BCUT2D eigenvalue weighted by Gasteiger charge is -2.31. The van der Waals surface area contributed by atoms with Gasteiger partial charge in [-0.3, -0.25) is 4.79 Å². The Bertz CT molecular complexity index is 830. The number of rotatable bonds is 3. The third kappa shape index (κ3) is 2.29. The van der Waals surface area contributed by atoms with Gasteiger partial charge in [0, 0.05) is 12.5 Å². The summed E-state index contributed by atoms with van der Waals surface area (Å²) in [6, 6.07) is 14.6. The molecular weight excluding hydrogens is 302 g/mol. The molecule has 4 nitrogen and oxygen atoms in total. The molecule has 24 heavy (non-hydrogen) atoms. The number of carboxylic acids is 1. The third-order valence-corrected chi connectivity index (χ3v) is 5.68. The van der Waals surface area contributed by atoms with Crippen molar-refractivity contribution in [2.45, 2.75) is 37.6 Å². The summed E-state index contributed by atoms with van der Waals surface area (Å²) in [5, 5.41) is 11.9. The quantitative estimate of drug-likeness (QED) is 0.942. The fourth-order valence-corrected chi connectivity index (χ4v) is 4.01. The fourth-order valence-electron chi connectivity index (χ4n) is 4.01. The monoisotopic (exact) mass is 323 g/mol. The van der Waals surface area contributed by atoms with Gasteiger partial charge in [-0.05, 0) is 48.4 Å². The van der Waals surface area contributed by atoms with Crippen LogP contribution in [0.1, 0.15) is 37.7 Å². The van der Waals surface area contributed by atoms with Crippen molar-refractivity contribution in [2.75, 3.05) is 6.54 Å². The first-order valence-corrected chi connectivity index (χ1v) is 8.54. The van der Waals surface area contributed by atoms with Crippen LogP contribution in [0.3, 0.4) is 0 Å². The van der Waals surface area contributed by atoms with E-state index in [1.165, 1.54) is 16.3 Å². The van der Waals surface area contributed by atoms with Crippen molar-refractivity contribution in [3.8, 4) is 0 Å². The largest absolute Gasteiger partial charge is 0.480 e. The topological polar surface area (TPSA) is 57.6 Å². The molecule has 2 fully saturated rings. The highest BCUT2D eigenvalue weighted by Gasteiger charge is 2.53. The summed E-state index contributed by atoms with van der Waals surface area (Å²) < 4.78 is 0. The first kappa shape index (κ1) is 15.2. The van der Waals surface area contributed by atoms with E-state index in [-0.39, 0.29) is 17.7 Å². The van der Waals surface area contributed by atoms with Crippen LogP contribution in [-0.4, -0.2) is 34.0 Å². The van der Waals surface area contributed by atoms with Gasteiger partial charge in [0.25, 0.3) is 0 Å². The van der Waals surface area contributed by atoms with Crippen molar-refractivity contribution < 1.29 is 14.7 Å². The highest BCUT2D eigenvalue weighted by atomic mass is 16.4. The molecule has 1 aliphatic heterocycles. The smallest absolute Gasteiger partial charge is 0.329 e. The zero-order valence-corrected chi connectivity index (χ0v) is 13.7. The highest BCUT2D eigenvalue weighted by Crippen LogP contribution is 2.50. The number of hydrogen-bond acceptors (Lipinski definition) is 2. The molecule has 0 bridgehead atoms. The minimum absolute atomic E-state index is 0.00978. The molecule has 1 N–H and O–H groups in total. The standard InChI is InChI=1S/C20H21NO3/c1-20(19(23)24)9-4-10-21(20)18(22)17-12-16(17)15-8-7-13-5-2-3-6-14(13)11-15/h2-3,5-8,11,16-17H,4,9-10,12H2,1H3,(H,23,24). The molecule has 4 heteroatoms. The summed E-state index contributed by atoms with van der Waals surface area (Å²) >= 11 is 0. The number of fused-ring (bicyclic) bond motifs is 1. The molecule has 0 spiro atoms. The predicted molar refractivity (Wildman–Crippen MR) is 91.8 cm³/mol. The van der Waals surface area contributed by atoms with E-state index in [0.717, 1.165) is 12.8 Å². The van der Waals surface area contributed by atoms with E-state index in [1.54, 1.807) is 11.8 Å². The SMILES string of the molecule is CC1(C(=O)O)CCCN1C(=O)C1CC1c1ccc2ccccc2c1. The Balaban J connectivity index is 1.55. The summed E-state index contributed by atoms with van der Waals surface area (Å²) in [4.78, 5) is 26.0. The second-order valence-electron chi connectivity index (χ2n) is 7.23. The van der Waals surface area contributed by atoms with Gasteiger partial charge in [0.05, 0.1) is 0 Å². The molecule has 0 radical (unpaired) electrons. The molecule has 3 atom stereocenters. The maximum absolute atomic E-state index is 12.8. The van der Waals surface area contributed by atoms with E-state index in [0.29, 0.717) is 13.0 Å². The summed E-state index contributed by atoms with van der Waals surface area (Å²) in [6.45, 7) is 2.23. The van der Waals surface area contributed by atoms with E-state index >= 15 is 0 Å². The van der Waals surface area contributed by atoms with Gasteiger partial charge in [-0.2, -0.15) is 0 Å². The van der Waals surface area contributed by atoms with Crippen molar-refractivity contribution >= 4 is 22.6 Å². The van der Waals surface area contributed by atoms with E-state index < -0.39 is 11.5 Å². The Labute approximate surface area is 141 Å². The Morgan fingerprint density at radius 3 is 2.67 bits per heavy atom. The number of carboxylic acid groups (broad SMARTS) is 1. The number of benzene rings is 2. The van der Waals surface area contributed by atoms with Crippen LogP contribution in [-0.2, 0) is 9.59 Å². The second kappa shape index (κ2) is 5.33. The van der Waals surface area contributed by atoms with Crippen molar-refractivity contribution in [3.63, 3.8) is 0 Å². The average molecular weight is 323 g/mol. The minimum Gasteiger partial charge on any atom is -0.480 e. The van der Waals surface area contributed by atoms with Crippen LogP contribution in [0.2, 0.25) is 0 Å². The molecule has 2 aliphatic rings. The Morgan fingerprint density at radius 1 is 1.17 bits per heavy atom. The van der Waals surface area contributed by atoms with Gasteiger partial charge in [-0.15, -0.1) is 0 Å². The predicted octanol–water partition coefficient (Wildman–Crippen LogP) is 3.41. The Morgan fingerprint density at radius 2 is 1.92 bits per heavy atom. The molecular formula is C20H21NO3. The lowest BCUT2D eigenvalue weighted by Crippen LogP contribution is -2.51. The minimum atomic E-state index is -1.03. The van der Waals surface area contributed by atoms with Crippen LogP contribution in [0, 0.1) is 5.92 Å². The van der Waals surface area contributed by atoms with E-state index in [9.17, 15) is 14.7 Å². The number of likely N-dealkylation sites (tertiary alicyclic amines) is 1. The summed E-state index contributed by atoms with van der Waals surface area (Å²) in [5.41, 5.74) is 0.149. The molecule has 2 aromatic rings. The molecule has 4 rings (SSSR count). The van der Waals surface area contributed by atoms with Crippen LogP contribution in [0.15, 0.2) is 42.5 Å². The van der Waals surface area contributed by atoms with E-state index in [2.05, 4.69) is 30.3 Å². The van der Waals surface area contributed by atoms with Crippen LogP contribution in [0.25, 0.3) is 10.8 Å². The van der Waals surface area contributed by atoms with Crippen molar-refractivity contribution in [1.29, 1.82) is 0 Å². The maximum atomic E-state index is 12.8. The van der Waals surface area contributed by atoms with Crippen LogP contribution in [0.4, 0.5) is 0 Å². The lowest BCUT2D eigenvalue weighted by atomic mass is 9.98. The van der Waals surface area contributed by atoms with Crippen LogP contribution >= 0.6 is 0 Å². The maximum Gasteiger partial charge on any atom is 0.329 e. The fraction of sp³-hybridized carbons (Fsp3) is 0.400. The summed E-state index contributed by atoms with van der Waals surface area (Å²) in [5.74, 6) is -0.726. The van der Waals surface area contributed by atoms with Crippen LogP contribution in [0.5, 0.6) is 0 Å². The molecule has 124 valence electrons. The van der Waals surface area contributed by atoms with E-state index in [4.69, 9.17) is 0 Å². The van der Waals surface area contributed by atoms with Gasteiger partial charge in [0.15, 0.2) is 0 Å². The van der Waals surface area contributed by atoms with Gasteiger partial charge < -0.3 is 10.0 Å². The molecule has 1 saturated heterocycles. The Kier molecular flexibility index (Phi) is 3.37. The van der Waals surface area contributed by atoms with Gasteiger partial charge in [0.1, 0.15) is 5.54 Å². The zero-order valence-electron chi connectivity index (χ0n) is 13.7. The second-order valence-corrected chi connectivity index (χ2v) is 7.23. The molecule has 2 aromatic carbocycles. The van der Waals surface area contributed by atoms with Gasteiger partial charge in [-0.25, -0.2) is 4.79 Å². The van der Waals surface area contributed by atoms with E-state index in [1.807, 2.05) is 12.1 Å². The molecule has 1 heterocycles. The number of carbonyl (C=O) groups is 2. The number of amides is 1. The number of carbonyl (C=O) groups excluding carboxylic acids is 1. The average Bonchev–Trinajstić information content (AvgIpc) is 3.29. The van der Waals surface area contributed by atoms with Crippen LogP contribution < -0.4 is 0 Å². The summed E-state index contributed by atoms with van der Waals surface area (Å²) in [7, 11) is 0. The third-order valence-electron chi connectivity index (χ3n) is 5.68. The number of nitrogens with zero attached hydrogens (tertiary/aromatic N) is 1. The molecule has 1 aliphatic carbocycles. The lowest BCUT2D eigenvalue weighted by molar-refractivity contribution is -0.155. The molecule has 0 aromatic heterocycles. The first-order valence-electron chi connectivity index (χ1n) is 8.54. The molecule has 3 unspecified atom stereocenters. The Hall–Kier alpha value is -2.36. The normalized spacial score (nSPS) is 29.0. The highest BCUT2D eigenvalue weighted by molar-refractivity contribution is 5.91. The zero-order chi connectivity index (χ0) is 16.9. The van der Waals surface area contributed by atoms with Crippen molar-refractivity contribution in [2.24, 2.45) is 5.92 Å². The number of aliphatic carboxylic acids is 1. The van der Waals surface area contributed by atoms with Crippen molar-refractivity contribution in [3.05, 3.63) is 48.0 Å². The van der Waals surface area contributed by atoms with Gasteiger partial charge in [-0.1, -0.05) is 42.5 Å². The number of hydrogen-bond donors (Lipinski definition) is 1. The summed E-state index contributed by atoms with van der Waals surface area (Å²) in [6.07, 6.45) is 2.13. The van der Waals surface area contributed by atoms with Gasteiger partial charge >= 0.3 is 5.97 Å².